The number of carbonyl (C=O) groups excluding carboxylic acids is 1. The quantitative estimate of drug-likeness (QED) is 0.705. The molecule has 0 saturated carbocycles. The van der Waals surface area contributed by atoms with Crippen molar-refractivity contribution in [2.24, 2.45) is 11.7 Å². The van der Waals surface area contributed by atoms with Gasteiger partial charge in [0.1, 0.15) is 0 Å². The average Bonchev–Trinajstić information content (AvgIpc) is 2.28. The van der Waals surface area contributed by atoms with E-state index in [9.17, 15) is 4.79 Å². The number of nitrogens with zero attached hydrogens (tertiary/aromatic N) is 1. The minimum absolute atomic E-state index is 0.0179. The van der Waals surface area contributed by atoms with Gasteiger partial charge in [-0.3, -0.25) is 0 Å². The molecular weight excluding hydrogens is 196 g/mol. The van der Waals surface area contributed by atoms with Crippen LogP contribution in [-0.4, -0.2) is 48.4 Å². The third-order valence-electron chi connectivity index (χ3n) is 2.88. The highest BCUT2D eigenvalue weighted by molar-refractivity contribution is 5.67. The van der Waals surface area contributed by atoms with Gasteiger partial charge in [-0.15, -0.1) is 0 Å². The molecule has 15 heavy (non-hydrogen) atoms. The van der Waals surface area contributed by atoms with Crippen molar-refractivity contribution in [3.05, 3.63) is 0 Å². The molecule has 0 aromatic carbocycles. The third-order valence-corrected chi connectivity index (χ3v) is 2.88. The lowest BCUT2D eigenvalue weighted by Gasteiger charge is -2.33. The van der Waals surface area contributed by atoms with Crippen molar-refractivity contribution in [1.29, 1.82) is 0 Å². The molecule has 0 aliphatic carbocycles. The van der Waals surface area contributed by atoms with Crippen molar-refractivity contribution in [2.75, 3.05) is 26.3 Å². The molecule has 0 aromatic heterocycles. The molecule has 5 nitrogen and oxygen atoms in total. The fourth-order valence-electron chi connectivity index (χ4n) is 1.87. The summed E-state index contributed by atoms with van der Waals surface area (Å²) in [7, 11) is 0. The van der Waals surface area contributed by atoms with Gasteiger partial charge in [-0.25, -0.2) is 4.79 Å². The van der Waals surface area contributed by atoms with Crippen LogP contribution in [0.5, 0.6) is 0 Å². The van der Waals surface area contributed by atoms with E-state index in [4.69, 9.17) is 15.6 Å². The highest BCUT2D eigenvalue weighted by Gasteiger charge is 2.26. The van der Waals surface area contributed by atoms with Gasteiger partial charge < -0.3 is 20.5 Å². The highest BCUT2D eigenvalue weighted by atomic mass is 16.6. The monoisotopic (exact) mass is 216 g/mol. The first-order valence-electron chi connectivity index (χ1n) is 5.47. The van der Waals surface area contributed by atoms with E-state index < -0.39 is 0 Å². The first kappa shape index (κ1) is 12.3. The zero-order chi connectivity index (χ0) is 11.3. The van der Waals surface area contributed by atoms with E-state index in [1.165, 1.54) is 0 Å². The molecule has 1 rings (SSSR count). The normalized spacial score (nSPS) is 20.1. The SMILES string of the molecule is CCOC(=O)N1CCC([C@@H](N)CO)CC1. The second-order valence-corrected chi connectivity index (χ2v) is 3.87. The summed E-state index contributed by atoms with van der Waals surface area (Å²) >= 11 is 0. The fraction of sp³-hybridized carbons (Fsp3) is 0.900. The van der Waals surface area contributed by atoms with Gasteiger partial charge in [0.05, 0.1) is 13.2 Å². The summed E-state index contributed by atoms with van der Waals surface area (Å²) in [4.78, 5) is 13.1. The minimum Gasteiger partial charge on any atom is -0.450 e. The maximum absolute atomic E-state index is 11.4. The molecular formula is C10H20N2O3. The van der Waals surface area contributed by atoms with E-state index in [0.717, 1.165) is 12.8 Å². The number of piperidine rings is 1. The van der Waals surface area contributed by atoms with Crippen LogP contribution in [0.3, 0.4) is 0 Å². The van der Waals surface area contributed by atoms with E-state index in [1.807, 2.05) is 0 Å². The number of carbonyl (C=O) groups is 1. The van der Waals surface area contributed by atoms with Gasteiger partial charge in [0.25, 0.3) is 0 Å². The van der Waals surface area contributed by atoms with Gasteiger partial charge >= 0.3 is 6.09 Å². The summed E-state index contributed by atoms with van der Waals surface area (Å²) in [6.07, 6.45) is 1.45. The first-order valence-corrected chi connectivity index (χ1v) is 5.47. The summed E-state index contributed by atoms with van der Waals surface area (Å²) in [5.74, 6) is 0.320. The standard InChI is InChI=1S/C10H20N2O3/c1-2-15-10(14)12-5-3-8(4-6-12)9(11)7-13/h8-9,13H,2-7,11H2,1H3/t9-/m0/s1. The Balaban J connectivity index is 2.32. The lowest BCUT2D eigenvalue weighted by Crippen LogP contribution is -2.44. The number of rotatable bonds is 3. The average molecular weight is 216 g/mol. The van der Waals surface area contributed by atoms with E-state index in [1.54, 1.807) is 11.8 Å². The summed E-state index contributed by atoms with van der Waals surface area (Å²) in [6.45, 7) is 3.58. The third kappa shape index (κ3) is 3.35. The van der Waals surface area contributed by atoms with Crippen LogP contribution in [0.4, 0.5) is 4.79 Å². The summed E-state index contributed by atoms with van der Waals surface area (Å²) < 4.78 is 4.91. The molecule has 88 valence electrons. The van der Waals surface area contributed by atoms with Crippen molar-refractivity contribution < 1.29 is 14.6 Å². The Bertz CT molecular complexity index is 203. The van der Waals surface area contributed by atoms with E-state index in [2.05, 4.69) is 0 Å². The van der Waals surface area contributed by atoms with Crippen LogP contribution in [0.1, 0.15) is 19.8 Å². The lowest BCUT2D eigenvalue weighted by atomic mass is 9.90. The predicted molar refractivity (Wildman–Crippen MR) is 56.4 cm³/mol. The van der Waals surface area contributed by atoms with Crippen molar-refractivity contribution >= 4 is 6.09 Å². The number of hydrogen-bond acceptors (Lipinski definition) is 4. The Morgan fingerprint density at radius 3 is 2.67 bits per heavy atom. The largest absolute Gasteiger partial charge is 0.450 e. The number of hydrogen-bond donors (Lipinski definition) is 2. The summed E-state index contributed by atoms with van der Waals surface area (Å²) in [5.41, 5.74) is 5.74. The van der Waals surface area contributed by atoms with Crippen LogP contribution >= 0.6 is 0 Å². The molecule has 0 spiro atoms. The van der Waals surface area contributed by atoms with Crippen molar-refractivity contribution in [1.82, 2.24) is 4.90 Å². The molecule has 1 heterocycles. The molecule has 3 N–H and O–H groups in total. The predicted octanol–water partition coefficient (Wildman–Crippen LogP) is 0.174. The molecule has 0 aromatic rings. The Morgan fingerprint density at radius 1 is 1.60 bits per heavy atom. The Labute approximate surface area is 90.2 Å². The highest BCUT2D eigenvalue weighted by Crippen LogP contribution is 2.19. The molecule has 1 fully saturated rings. The van der Waals surface area contributed by atoms with Crippen molar-refractivity contribution in [3.63, 3.8) is 0 Å². The smallest absolute Gasteiger partial charge is 0.409 e. The number of aliphatic hydroxyl groups is 1. The first-order chi connectivity index (χ1) is 7.19. The Kier molecular flexibility index (Phi) is 4.84. The molecule has 0 bridgehead atoms. The molecule has 1 saturated heterocycles. The molecule has 1 atom stereocenters. The molecule has 1 aliphatic heterocycles. The van der Waals surface area contributed by atoms with Crippen LogP contribution in [0.25, 0.3) is 0 Å². The summed E-state index contributed by atoms with van der Waals surface area (Å²) in [6, 6.07) is -0.158. The minimum atomic E-state index is -0.242. The van der Waals surface area contributed by atoms with Crippen LogP contribution in [0.15, 0.2) is 0 Å². The topological polar surface area (TPSA) is 75.8 Å². The van der Waals surface area contributed by atoms with Gasteiger partial charge in [0.2, 0.25) is 0 Å². The van der Waals surface area contributed by atoms with Gasteiger partial charge in [-0.2, -0.15) is 0 Å². The second kappa shape index (κ2) is 5.92. The van der Waals surface area contributed by atoms with Gasteiger partial charge in [0, 0.05) is 19.1 Å². The van der Waals surface area contributed by atoms with Gasteiger partial charge in [0.15, 0.2) is 0 Å². The van der Waals surface area contributed by atoms with Crippen LogP contribution in [0, 0.1) is 5.92 Å². The van der Waals surface area contributed by atoms with Crippen LogP contribution in [0.2, 0.25) is 0 Å². The maximum Gasteiger partial charge on any atom is 0.409 e. The summed E-state index contributed by atoms with van der Waals surface area (Å²) in [5, 5.41) is 8.92. The number of aliphatic hydroxyl groups excluding tert-OH is 1. The molecule has 1 aliphatic rings. The Morgan fingerprint density at radius 2 is 2.20 bits per heavy atom. The van der Waals surface area contributed by atoms with E-state index >= 15 is 0 Å². The second-order valence-electron chi connectivity index (χ2n) is 3.87. The number of ether oxygens (including phenoxy) is 1. The zero-order valence-electron chi connectivity index (χ0n) is 9.19. The molecule has 0 unspecified atom stereocenters. The van der Waals surface area contributed by atoms with Gasteiger partial charge in [-0.05, 0) is 25.7 Å². The number of likely N-dealkylation sites (tertiary alicyclic amines) is 1. The fourth-order valence-corrected chi connectivity index (χ4v) is 1.87. The molecule has 1 amide bonds. The lowest BCUT2D eigenvalue weighted by molar-refractivity contribution is 0.0849. The van der Waals surface area contributed by atoms with E-state index in [0.29, 0.717) is 25.6 Å². The van der Waals surface area contributed by atoms with E-state index in [-0.39, 0.29) is 18.7 Å². The van der Waals surface area contributed by atoms with Crippen molar-refractivity contribution in [3.8, 4) is 0 Å². The maximum atomic E-state index is 11.4. The number of amides is 1. The molecule has 5 heteroatoms. The van der Waals surface area contributed by atoms with Crippen molar-refractivity contribution in [2.45, 2.75) is 25.8 Å². The molecule has 0 radical (unpaired) electrons. The van der Waals surface area contributed by atoms with Crippen LogP contribution < -0.4 is 5.73 Å². The van der Waals surface area contributed by atoms with Crippen LogP contribution in [-0.2, 0) is 4.74 Å². The zero-order valence-corrected chi connectivity index (χ0v) is 9.19. The van der Waals surface area contributed by atoms with Gasteiger partial charge in [-0.1, -0.05) is 0 Å². The Hall–Kier alpha value is -0.810. The number of nitrogens with two attached hydrogens (primary N) is 1.